The number of rotatable bonds is 6. The number of amides is 1. The molecule has 25 heavy (non-hydrogen) atoms. The summed E-state index contributed by atoms with van der Waals surface area (Å²) in [6, 6.07) is 9.91. The zero-order valence-electron chi connectivity index (χ0n) is 13.5. The van der Waals surface area contributed by atoms with Crippen molar-refractivity contribution in [1.29, 1.82) is 0 Å². The summed E-state index contributed by atoms with van der Waals surface area (Å²) >= 11 is 1.90. The molecule has 0 aromatic heterocycles. The van der Waals surface area contributed by atoms with E-state index in [0.717, 1.165) is 18.9 Å². The molecule has 7 heteroatoms. The summed E-state index contributed by atoms with van der Waals surface area (Å²) in [5.74, 6) is 0.0165. The molecule has 0 aliphatic carbocycles. The van der Waals surface area contributed by atoms with E-state index in [1.54, 1.807) is 12.1 Å². The molecular formula is C18H17F3INO2. The molecule has 0 fully saturated rings. The number of benzene rings is 2. The second-order valence-electron chi connectivity index (χ2n) is 5.37. The first-order valence-electron chi connectivity index (χ1n) is 7.72. The average Bonchev–Trinajstić information content (AvgIpc) is 2.54. The largest absolute Gasteiger partial charge is 0.494 e. The van der Waals surface area contributed by atoms with Crippen LogP contribution in [0.1, 0.15) is 35.7 Å². The van der Waals surface area contributed by atoms with Crippen molar-refractivity contribution in [3.8, 4) is 5.75 Å². The number of hydrogen-bond acceptors (Lipinski definition) is 2. The molecule has 0 aliphatic heterocycles. The summed E-state index contributed by atoms with van der Waals surface area (Å²) in [6.07, 6.45) is -2.60. The summed E-state index contributed by atoms with van der Waals surface area (Å²) in [5.41, 5.74) is -0.872. The number of anilines is 1. The van der Waals surface area contributed by atoms with Gasteiger partial charge in [-0.1, -0.05) is 13.3 Å². The molecule has 0 atom stereocenters. The van der Waals surface area contributed by atoms with E-state index < -0.39 is 17.6 Å². The van der Waals surface area contributed by atoms with Crippen molar-refractivity contribution in [2.24, 2.45) is 0 Å². The van der Waals surface area contributed by atoms with Crippen molar-refractivity contribution in [1.82, 2.24) is 0 Å². The minimum absolute atomic E-state index is 0.257. The summed E-state index contributed by atoms with van der Waals surface area (Å²) < 4.78 is 45.3. The third-order valence-electron chi connectivity index (χ3n) is 3.42. The lowest BCUT2D eigenvalue weighted by Crippen LogP contribution is -2.16. The van der Waals surface area contributed by atoms with Crippen molar-refractivity contribution in [2.75, 3.05) is 11.9 Å². The van der Waals surface area contributed by atoms with Crippen LogP contribution in [0.15, 0.2) is 42.5 Å². The maximum Gasteiger partial charge on any atom is 0.418 e. The Balaban J connectivity index is 2.13. The van der Waals surface area contributed by atoms with Gasteiger partial charge in [0, 0.05) is 9.13 Å². The van der Waals surface area contributed by atoms with Gasteiger partial charge in [0.25, 0.3) is 5.91 Å². The first kappa shape index (κ1) is 19.6. The maximum atomic E-state index is 13.1. The Morgan fingerprint density at radius 3 is 2.44 bits per heavy atom. The molecule has 3 nitrogen and oxygen atoms in total. The van der Waals surface area contributed by atoms with Crippen LogP contribution in [0.3, 0.4) is 0 Å². The van der Waals surface area contributed by atoms with Gasteiger partial charge in [0.1, 0.15) is 5.75 Å². The number of unbranched alkanes of at least 4 members (excludes halogenated alkanes) is 1. The van der Waals surface area contributed by atoms with Crippen molar-refractivity contribution in [3.05, 3.63) is 57.2 Å². The van der Waals surface area contributed by atoms with Gasteiger partial charge < -0.3 is 10.1 Å². The molecule has 2 aromatic rings. The monoisotopic (exact) mass is 463 g/mol. The van der Waals surface area contributed by atoms with Crippen molar-refractivity contribution in [3.63, 3.8) is 0 Å². The molecule has 0 saturated carbocycles. The summed E-state index contributed by atoms with van der Waals surface area (Å²) in [5, 5.41) is 2.34. The van der Waals surface area contributed by atoms with Crippen LogP contribution >= 0.6 is 22.6 Å². The molecule has 0 radical (unpaired) electrons. The fraction of sp³-hybridized carbons (Fsp3) is 0.278. The second-order valence-corrected chi connectivity index (χ2v) is 6.61. The van der Waals surface area contributed by atoms with Crippen LogP contribution in [0.5, 0.6) is 5.75 Å². The van der Waals surface area contributed by atoms with Gasteiger partial charge >= 0.3 is 6.18 Å². The lowest BCUT2D eigenvalue weighted by atomic mass is 10.1. The van der Waals surface area contributed by atoms with Crippen molar-refractivity contribution < 1.29 is 22.7 Å². The van der Waals surface area contributed by atoms with E-state index in [1.807, 2.05) is 22.6 Å². The van der Waals surface area contributed by atoms with Gasteiger partial charge in [-0.15, -0.1) is 0 Å². The van der Waals surface area contributed by atoms with E-state index >= 15 is 0 Å². The Kier molecular flexibility index (Phi) is 6.69. The SMILES string of the molecule is CCCCOc1ccc(C(=O)Nc2cc(I)ccc2C(F)(F)F)cc1. The fourth-order valence-electron chi connectivity index (χ4n) is 2.10. The van der Waals surface area contributed by atoms with Crippen LogP contribution in [-0.2, 0) is 6.18 Å². The standard InChI is InChI=1S/C18H17F3INO2/c1-2-3-10-25-14-7-4-12(5-8-14)17(24)23-16-11-13(22)6-9-15(16)18(19,20)21/h4-9,11H,2-3,10H2,1H3,(H,23,24). The van der Waals surface area contributed by atoms with E-state index in [0.29, 0.717) is 15.9 Å². The highest BCUT2D eigenvalue weighted by atomic mass is 127. The molecule has 134 valence electrons. The quantitative estimate of drug-likeness (QED) is 0.439. The van der Waals surface area contributed by atoms with Crippen LogP contribution < -0.4 is 10.1 Å². The fourth-order valence-corrected chi connectivity index (χ4v) is 2.59. The molecule has 1 amide bonds. The Morgan fingerprint density at radius 2 is 1.84 bits per heavy atom. The Morgan fingerprint density at radius 1 is 1.16 bits per heavy atom. The lowest BCUT2D eigenvalue weighted by molar-refractivity contribution is -0.136. The molecule has 1 N–H and O–H groups in total. The highest BCUT2D eigenvalue weighted by Gasteiger charge is 2.34. The summed E-state index contributed by atoms with van der Waals surface area (Å²) in [7, 11) is 0. The topological polar surface area (TPSA) is 38.3 Å². The number of carbonyl (C=O) groups is 1. The van der Waals surface area contributed by atoms with Crippen molar-refractivity contribution >= 4 is 34.2 Å². The van der Waals surface area contributed by atoms with E-state index in [9.17, 15) is 18.0 Å². The van der Waals surface area contributed by atoms with Gasteiger partial charge in [0.15, 0.2) is 0 Å². The van der Waals surface area contributed by atoms with E-state index in [2.05, 4.69) is 12.2 Å². The molecule has 0 bridgehead atoms. The zero-order valence-corrected chi connectivity index (χ0v) is 15.6. The predicted molar refractivity (Wildman–Crippen MR) is 99.0 cm³/mol. The van der Waals surface area contributed by atoms with Gasteiger partial charge in [0.05, 0.1) is 17.9 Å². The number of hydrogen-bond donors (Lipinski definition) is 1. The minimum atomic E-state index is -4.54. The molecule has 0 heterocycles. The van der Waals surface area contributed by atoms with Crippen molar-refractivity contribution in [2.45, 2.75) is 25.9 Å². The lowest BCUT2D eigenvalue weighted by Gasteiger charge is -2.14. The van der Waals surface area contributed by atoms with Crippen LogP contribution in [-0.4, -0.2) is 12.5 Å². The smallest absolute Gasteiger partial charge is 0.418 e. The Hall–Kier alpha value is -1.77. The van der Waals surface area contributed by atoms with E-state index in [4.69, 9.17) is 4.74 Å². The van der Waals surface area contributed by atoms with Gasteiger partial charge in [-0.25, -0.2) is 0 Å². The van der Waals surface area contributed by atoms with E-state index in [-0.39, 0.29) is 11.3 Å². The Bertz CT molecular complexity index is 730. The van der Waals surface area contributed by atoms with E-state index in [1.165, 1.54) is 24.3 Å². The van der Waals surface area contributed by atoms with Crippen LogP contribution in [0.4, 0.5) is 18.9 Å². The number of carbonyl (C=O) groups excluding carboxylic acids is 1. The first-order chi connectivity index (χ1) is 11.8. The highest BCUT2D eigenvalue weighted by Crippen LogP contribution is 2.35. The zero-order chi connectivity index (χ0) is 18.4. The summed E-state index contributed by atoms with van der Waals surface area (Å²) in [4.78, 5) is 12.3. The molecule has 0 aliphatic rings. The van der Waals surface area contributed by atoms with Gasteiger partial charge in [-0.2, -0.15) is 13.2 Å². The summed E-state index contributed by atoms with van der Waals surface area (Å²) in [6.45, 7) is 2.64. The van der Waals surface area contributed by atoms with Crippen LogP contribution in [0, 0.1) is 3.57 Å². The third kappa shape index (κ3) is 5.62. The molecule has 2 rings (SSSR count). The van der Waals surface area contributed by atoms with Crippen LogP contribution in [0.25, 0.3) is 0 Å². The number of ether oxygens (including phenoxy) is 1. The molecule has 0 unspecified atom stereocenters. The maximum absolute atomic E-state index is 13.1. The first-order valence-corrected chi connectivity index (χ1v) is 8.80. The van der Waals surface area contributed by atoms with Gasteiger partial charge in [-0.05, 0) is 71.5 Å². The molecular weight excluding hydrogens is 446 g/mol. The Labute approximate surface area is 157 Å². The number of halogens is 4. The van der Waals surface area contributed by atoms with Crippen LogP contribution in [0.2, 0.25) is 0 Å². The van der Waals surface area contributed by atoms with Gasteiger partial charge in [-0.3, -0.25) is 4.79 Å². The highest BCUT2D eigenvalue weighted by molar-refractivity contribution is 14.1. The molecule has 0 saturated heterocycles. The normalized spacial score (nSPS) is 11.2. The third-order valence-corrected chi connectivity index (χ3v) is 4.09. The molecule has 0 spiro atoms. The predicted octanol–water partition coefficient (Wildman–Crippen LogP) is 5.74. The number of alkyl halides is 3. The average molecular weight is 463 g/mol. The second kappa shape index (κ2) is 8.55. The molecule has 2 aromatic carbocycles. The van der Waals surface area contributed by atoms with Gasteiger partial charge in [0.2, 0.25) is 0 Å². The number of nitrogens with one attached hydrogen (secondary N) is 1. The minimum Gasteiger partial charge on any atom is -0.494 e.